The number of unbranched alkanes of at least 4 members (excludes halogenated alkanes) is 34. The summed E-state index contributed by atoms with van der Waals surface area (Å²) in [4.78, 5) is 37.6. The Morgan fingerprint density at radius 1 is 0.309 bits per heavy atom. The van der Waals surface area contributed by atoms with Crippen LogP contribution in [0.5, 0.6) is 0 Å². The molecule has 0 bridgehead atoms. The summed E-state index contributed by atoms with van der Waals surface area (Å²) in [7, 11) is 5.94. The van der Waals surface area contributed by atoms with Gasteiger partial charge in [-0.1, -0.05) is 352 Å². The number of quaternary nitrogens is 1. The maximum Gasteiger partial charge on any atom is 0.306 e. The summed E-state index contributed by atoms with van der Waals surface area (Å²) in [5.74, 6) is -2.28. The van der Waals surface area contributed by atoms with E-state index < -0.39 is 24.3 Å². The minimum absolute atomic E-state index is 0.143. The third-order valence-corrected chi connectivity index (χ3v) is 17.1. The lowest BCUT2D eigenvalue weighted by Crippen LogP contribution is -2.44. The molecule has 0 aromatic carbocycles. The van der Waals surface area contributed by atoms with E-state index in [2.05, 4.69) is 160 Å². The van der Waals surface area contributed by atoms with E-state index in [1.165, 1.54) is 180 Å². The molecule has 0 N–H and O–H groups in total. The highest BCUT2D eigenvalue weighted by Crippen LogP contribution is 2.18. The molecule has 0 aliphatic rings. The van der Waals surface area contributed by atoms with Gasteiger partial charge in [-0.2, -0.15) is 0 Å². The van der Waals surface area contributed by atoms with Crippen LogP contribution in [0.3, 0.4) is 0 Å². The fourth-order valence-corrected chi connectivity index (χ4v) is 11.1. The minimum Gasteiger partial charge on any atom is -0.545 e. The molecule has 0 saturated heterocycles. The Morgan fingerprint density at radius 2 is 0.557 bits per heavy atom. The van der Waals surface area contributed by atoms with E-state index in [0.717, 1.165) is 122 Å². The molecule has 0 aliphatic heterocycles. The van der Waals surface area contributed by atoms with Crippen LogP contribution in [0.2, 0.25) is 0 Å². The van der Waals surface area contributed by atoms with Gasteiger partial charge in [-0.3, -0.25) is 9.59 Å². The molecular formula is C88H149NO8. The van der Waals surface area contributed by atoms with Crippen molar-refractivity contribution >= 4 is 17.9 Å². The lowest BCUT2D eigenvalue weighted by atomic mass is 10.0. The molecule has 0 rings (SSSR count). The van der Waals surface area contributed by atoms with Crippen LogP contribution in [0.4, 0.5) is 0 Å². The quantitative estimate of drug-likeness (QED) is 0.0195. The van der Waals surface area contributed by atoms with Crippen molar-refractivity contribution < 1.29 is 42.9 Å². The predicted molar refractivity (Wildman–Crippen MR) is 416 cm³/mol. The SMILES string of the molecule is CC/C=C\C/C=C\C/C=C\C/C=C\C/C=C\C/C=C\C/C=C\CCCCCCCCCCCCCC(=O)OC(COC(=O)CCCCCCCCCCCCCCCCCCCCCCCCC/C=C\C/C=C\C/C=C\C/C=C\C/C=C\CC)COC(OCC[N+](C)(C)C)C(=O)[O-]. The molecule has 0 aromatic heterocycles. The summed E-state index contributed by atoms with van der Waals surface area (Å²) in [5.41, 5.74) is 0. The number of aliphatic carboxylic acids is 1. The standard InChI is InChI=1S/C88H149NO8/c1-6-8-10-12-14-16-18-20-22-24-26-28-30-32-34-36-38-40-41-42-43-44-45-47-48-50-52-54-56-58-60-62-64-66-68-70-72-74-76-78-85(90)95-82-84(83-96-88(87(92)93)94-81-80-89(3,4)5)97-86(91)79-77-75-73-71-69-67-65-63-61-59-57-55-53-51-49-46-39-37-35-33-31-29-27-25-23-21-19-17-15-13-11-9-7-2/h8-11,14-17,20-23,26-29,32-35,39,46,51,53,84,88H,6-7,12-13,18-19,24-25,30-31,36-38,40-45,47-50,52,54-83H2,1-5H3/b10-8-,11-9-,16-14-,17-15-,22-20-,23-21-,28-26-,29-27-,34-32-,35-33-,46-39-,53-51-. The third-order valence-electron chi connectivity index (χ3n) is 17.1. The molecule has 97 heavy (non-hydrogen) atoms. The van der Waals surface area contributed by atoms with Gasteiger partial charge in [-0.25, -0.2) is 0 Å². The number of nitrogens with zero attached hydrogens (tertiary/aromatic N) is 1. The van der Waals surface area contributed by atoms with E-state index in [4.69, 9.17) is 18.9 Å². The van der Waals surface area contributed by atoms with Crippen LogP contribution in [-0.4, -0.2) is 82.3 Å². The van der Waals surface area contributed by atoms with Crippen LogP contribution in [0.15, 0.2) is 146 Å². The van der Waals surface area contributed by atoms with Gasteiger partial charge in [0.15, 0.2) is 12.4 Å². The van der Waals surface area contributed by atoms with Gasteiger partial charge in [0.1, 0.15) is 13.2 Å². The van der Waals surface area contributed by atoms with Crippen molar-refractivity contribution in [2.75, 3.05) is 47.5 Å². The van der Waals surface area contributed by atoms with Crippen LogP contribution in [-0.2, 0) is 33.3 Å². The first-order valence-electron chi connectivity index (χ1n) is 40.0. The first-order chi connectivity index (χ1) is 47.6. The number of rotatable bonds is 73. The lowest BCUT2D eigenvalue weighted by molar-refractivity contribution is -0.870. The number of hydrogen-bond donors (Lipinski definition) is 0. The van der Waals surface area contributed by atoms with Crippen molar-refractivity contribution in [2.24, 2.45) is 0 Å². The Morgan fingerprint density at radius 3 is 0.825 bits per heavy atom. The van der Waals surface area contributed by atoms with Crippen molar-refractivity contribution in [2.45, 2.75) is 347 Å². The molecule has 0 heterocycles. The van der Waals surface area contributed by atoms with E-state index in [9.17, 15) is 19.5 Å². The number of carboxylic acid groups (broad SMARTS) is 1. The van der Waals surface area contributed by atoms with Crippen molar-refractivity contribution in [3.8, 4) is 0 Å². The van der Waals surface area contributed by atoms with Gasteiger partial charge in [0.2, 0.25) is 0 Å². The van der Waals surface area contributed by atoms with Crippen molar-refractivity contribution in [1.29, 1.82) is 0 Å². The molecular weight excluding hydrogens is 1200 g/mol. The van der Waals surface area contributed by atoms with Crippen LogP contribution in [0.25, 0.3) is 0 Å². The van der Waals surface area contributed by atoms with E-state index in [1.54, 1.807) is 0 Å². The summed E-state index contributed by atoms with van der Waals surface area (Å²) in [6.07, 6.45) is 110. The van der Waals surface area contributed by atoms with Crippen molar-refractivity contribution in [3.63, 3.8) is 0 Å². The highest BCUT2D eigenvalue weighted by molar-refractivity contribution is 5.70. The summed E-state index contributed by atoms with van der Waals surface area (Å²) in [6, 6.07) is 0. The highest BCUT2D eigenvalue weighted by atomic mass is 16.7. The van der Waals surface area contributed by atoms with Crippen molar-refractivity contribution in [1.82, 2.24) is 0 Å². The van der Waals surface area contributed by atoms with Gasteiger partial charge < -0.3 is 33.3 Å². The number of hydrogen-bond acceptors (Lipinski definition) is 8. The van der Waals surface area contributed by atoms with Gasteiger partial charge in [0.05, 0.1) is 40.3 Å². The largest absolute Gasteiger partial charge is 0.545 e. The molecule has 9 heteroatoms. The van der Waals surface area contributed by atoms with Crippen LogP contribution >= 0.6 is 0 Å². The molecule has 9 nitrogen and oxygen atoms in total. The molecule has 0 spiro atoms. The monoisotopic (exact) mass is 1350 g/mol. The molecule has 0 aromatic rings. The van der Waals surface area contributed by atoms with E-state index in [1.807, 2.05) is 21.1 Å². The van der Waals surface area contributed by atoms with Crippen LogP contribution in [0.1, 0.15) is 335 Å². The predicted octanol–water partition coefficient (Wildman–Crippen LogP) is 24.5. The van der Waals surface area contributed by atoms with Gasteiger partial charge in [0.25, 0.3) is 0 Å². The molecule has 0 amide bonds. The Labute approximate surface area is 598 Å². The van der Waals surface area contributed by atoms with E-state index in [-0.39, 0.29) is 38.6 Å². The number of allylic oxidation sites excluding steroid dienone is 24. The number of carbonyl (C=O) groups is 3. The summed E-state index contributed by atoms with van der Waals surface area (Å²) < 4.78 is 22.9. The number of ether oxygens (including phenoxy) is 4. The molecule has 0 radical (unpaired) electrons. The molecule has 0 saturated carbocycles. The molecule has 0 aliphatic carbocycles. The van der Waals surface area contributed by atoms with Gasteiger partial charge in [-0.05, 0) is 116 Å². The third kappa shape index (κ3) is 78.4. The summed E-state index contributed by atoms with van der Waals surface area (Å²) >= 11 is 0. The molecule has 0 fully saturated rings. The lowest BCUT2D eigenvalue weighted by Gasteiger charge is -2.26. The number of esters is 2. The zero-order valence-electron chi connectivity index (χ0n) is 63.4. The number of carbonyl (C=O) groups excluding carboxylic acids is 3. The van der Waals surface area contributed by atoms with Crippen LogP contribution in [0, 0.1) is 0 Å². The Bertz CT molecular complexity index is 2110. The normalized spacial score (nSPS) is 13.5. The Kier molecular flexibility index (Phi) is 73.1. The van der Waals surface area contributed by atoms with Gasteiger partial charge in [0, 0.05) is 12.8 Å². The first kappa shape index (κ1) is 92.2. The second kappa shape index (κ2) is 76.9. The highest BCUT2D eigenvalue weighted by Gasteiger charge is 2.22. The second-order valence-electron chi connectivity index (χ2n) is 27.6. The Balaban J connectivity index is 4.03. The second-order valence-corrected chi connectivity index (χ2v) is 27.6. The minimum atomic E-state index is -1.63. The van der Waals surface area contributed by atoms with E-state index in [0.29, 0.717) is 17.4 Å². The Hall–Kier alpha value is -4.83. The first-order valence-corrected chi connectivity index (χ1v) is 40.0. The molecule has 2 atom stereocenters. The molecule has 554 valence electrons. The average molecular weight is 1350 g/mol. The summed E-state index contributed by atoms with van der Waals surface area (Å²) in [6.45, 7) is 4.54. The van der Waals surface area contributed by atoms with Gasteiger partial charge in [-0.15, -0.1) is 0 Å². The fourth-order valence-electron chi connectivity index (χ4n) is 11.1. The zero-order valence-corrected chi connectivity index (χ0v) is 63.4. The number of carboxylic acids is 1. The number of likely N-dealkylation sites (N-methyl/N-ethyl adjacent to an activating group) is 1. The maximum atomic E-state index is 13.0. The van der Waals surface area contributed by atoms with E-state index >= 15 is 0 Å². The van der Waals surface area contributed by atoms with Crippen molar-refractivity contribution in [3.05, 3.63) is 146 Å². The maximum absolute atomic E-state index is 13.0. The fraction of sp³-hybridized carbons (Fsp3) is 0.693. The van der Waals surface area contributed by atoms with Crippen LogP contribution < -0.4 is 5.11 Å². The average Bonchev–Trinajstić information content (AvgIpc) is 2.59. The van der Waals surface area contributed by atoms with Gasteiger partial charge >= 0.3 is 11.9 Å². The topological polar surface area (TPSA) is 111 Å². The molecule has 2 unspecified atom stereocenters. The summed E-state index contributed by atoms with van der Waals surface area (Å²) in [5, 5.41) is 11.9. The smallest absolute Gasteiger partial charge is 0.306 e. The zero-order chi connectivity index (χ0) is 70.4.